The van der Waals surface area contributed by atoms with Crippen LogP contribution in [0.25, 0.3) is 0 Å². The molecule has 3 heterocycles. The number of ether oxygens (including phenoxy) is 2. The SMILES string of the molecule is CC12C=C[C@@H](O1)C1C(=O)OC(=O)C12. The van der Waals surface area contributed by atoms with Crippen LogP contribution in [0.3, 0.4) is 0 Å². The molecule has 0 amide bonds. The number of fused-ring (bicyclic) bond motifs is 5. The van der Waals surface area contributed by atoms with E-state index in [0.29, 0.717) is 0 Å². The van der Waals surface area contributed by atoms with E-state index in [1.807, 2.05) is 19.1 Å². The Hall–Kier alpha value is -1.16. The quantitative estimate of drug-likeness (QED) is 0.300. The maximum atomic E-state index is 11.3. The molecule has 2 saturated heterocycles. The molecular formula is C9H8O4. The molecule has 0 aromatic carbocycles. The van der Waals surface area contributed by atoms with E-state index in [1.165, 1.54) is 0 Å². The van der Waals surface area contributed by atoms with E-state index in [-0.39, 0.29) is 6.10 Å². The summed E-state index contributed by atoms with van der Waals surface area (Å²) < 4.78 is 10.1. The summed E-state index contributed by atoms with van der Waals surface area (Å²) in [5.74, 6) is -1.70. The number of hydrogen-bond donors (Lipinski definition) is 0. The van der Waals surface area contributed by atoms with E-state index in [2.05, 4.69) is 4.74 Å². The van der Waals surface area contributed by atoms with Gasteiger partial charge in [0.05, 0.1) is 11.7 Å². The molecule has 0 N–H and O–H groups in total. The van der Waals surface area contributed by atoms with Crippen molar-refractivity contribution < 1.29 is 19.1 Å². The predicted octanol–water partition coefficient (Wildman–Crippen LogP) is 0.0295. The van der Waals surface area contributed by atoms with Crippen molar-refractivity contribution in [2.75, 3.05) is 0 Å². The Morgan fingerprint density at radius 1 is 1.38 bits per heavy atom. The minimum absolute atomic E-state index is 0.256. The molecule has 3 rings (SSSR count). The molecule has 0 radical (unpaired) electrons. The van der Waals surface area contributed by atoms with Crippen LogP contribution in [0.2, 0.25) is 0 Å². The van der Waals surface area contributed by atoms with Gasteiger partial charge in [0.25, 0.3) is 0 Å². The van der Waals surface area contributed by atoms with Crippen LogP contribution in [0.15, 0.2) is 12.2 Å². The van der Waals surface area contributed by atoms with Crippen molar-refractivity contribution in [3.8, 4) is 0 Å². The van der Waals surface area contributed by atoms with Gasteiger partial charge in [-0.2, -0.15) is 0 Å². The first-order chi connectivity index (χ1) is 6.12. The second kappa shape index (κ2) is 1.85. The highest BCUT2D eigenvalue weighted by Gasteiger charge is 2.64. The Kier molecular flexibility index (Phi) is 1.03. The number of rotatable bonds is 0. The average Bonchev–Trinajstić information content (AvgIpc) is 2.62. The van der Waals surface area contributed by atoms with Crippen LogP contribution >= 0.6 is 0 Å². The molecule has 0 aromatic heterocycles. The van der Waals surface area contributed by atoms with Crippen LogP contribution in [0.1, 0.15) is 6.92 Å². The van der Waals surface area contributed by atoms with Gasteiger partial charge in [0, 0.05) is 0 Å². The molecule has 4 atom stereocenters. The Balaban J connectivity index is 2.13. The van der Waals surface area contributed by atoms with Crippen LogP contribution in [0.4, 0.5) is 0 Å². The third kappa shape index (κ3) is 0.659. The van der Waals surface area contributed by atoms with E-state index in [4.69, 9.17) is 4.74 Å². The minimum atomic E-state index is -0.613. The predicted molar refractivity (Wildman–Crippen MR) is 40.5 cm³/mol. The van der Waals surface area contributed by atoms with Crippen LogP contribution in [-0.4, -0.2) is 23.6 Å². The van der Waals surface area contributed by atoms with Crippen LogP contribution in [-0.2, 0) is 19.1 Å². The van der Waals surface area contributed by atoms with Crippen molar-refractivity contribution in [1.82, 2.24) is 0 Å². The van der Waals surface area contributed by atoms with Gasteiger partial charge < -0.3 is 9.47 Å². The lowest BCUT2D eigenvalue weighted by molar-refractivity contribution is -0.157. The zero-order chi connectivity index (χ0) is 9.22. The fraction of sp³-hybridized carbons (Fsp3) is 0.556. The Bertz CT molecular complexity index is 346. The van der Waals surface area contributed by atoms with Crippen molar-refractivity contribution in [3.05, 3.63) is 12.2 Å². The average molecular weight is 180 g/mol. The number of cyclic esters (lactones) is 2. The summed E-state index contributed by atoms with van der Waals surface area (Å²) in [6.07, 6.45) is 3.42. The van der Waals surface area contributed by atoms with Gasteiger partial charge in [-0.05, 0) is 6.92 Å². The summed E-state index contributed by atoms with van der Waals surface area (Å²) in [7, 11) is 0. The van der Waals surface area contributed by atoms with E-state index < -0.39 is 29.4 Å². The second-order valence-electron chi connectivity index (χ2n) is 3.87. The fourth-order valence-electron chi connectivity index (χ4n) is 2.46. The van der Waals surface area contributed by atoms with Crippen LogP contribution in [0.5, 0.6) is 0 Å². The number of esters is 2. The zero-order valence-electron chi connectivity index (χ0n) is 7.02. The Morgan fingerprint density at radius 3 is 2.85 bits per heavy atom. The molecule has 13 heavy (non-hydrogen) atoms. The molecule has 2 bridgehead atoms. The number of carbonyl (C=O) groups excluding carboxylic acids is 2. The highest BCUT2D eigenvalue weighted by atomic mass is 16.6. The van der Waals surface area contributed by atoms with Gasteiger partial charge >= 0.3 is 11.9 Å². The highest BCUT2D eigenvalue weighted by Crippen LogP contribution is 2.50. The Labute approximate surface area is 74.5 Å². The Morgan fingerprint density at radius 2 is 2.15 bits per heavy atom. The first kappa shape index (κ1) is 7.26. The molecule has 4 nitrogen and oxygen atoms in total. The lowest BCUT2D eigenvalue weighted by Crippen LogP contribution is -2.34. The summed E-state index contributed by atoms with van der Waals surface area (Å²) in [5, 5.41) is 0. The number of carbonyl (C=O) groups is 2. The van der Waals surface area contributed by atoms with Crippen molar-refractivity contribution >= 4 is 11.9 Å². The first-order valence-electron chi connectivity index (χ1n) is 4.24. The third-order valence-corrected chi connectivity index (χ3v) is 3.06. The molecule has 0 aliphatic carbocycles. The molecule has 0 saturated carbocycles. The second-order valence-corrected chi connectivity index (χ2v) is 3.87. The molecule has 4 heteroatoms. The number of hydrogen-bond acceptors (Lipinski definition) is 4. The standard InChI is InChI=1S/C9H8O4/c1-9-3-2-4(13-9)5-6(9)8(11)12-7(5)10/h2-6H,1H3/t4-,5?,6?,9?/m1/s1. The zero-order valence-corrected chi connectivity index (χ0v) is 7.02. The highest BCUT2D eigenvalue weighted by molar-refractivity contribution is 5.99. The van der Waals surface area contributed by atoms with Gasteiger partial charge in [-0.25, -0.2) is 0 Å². The van der Waals surface area contributed by atoms with Gasteiger partial charge in [0.2, 0.25) is 0 Å². The topological polar surface area (TPSA) is 52.6 Å². The van der Waals surface area contributed by atoms with Gasteiger partial charge in [0.1, 0.15) is 11.8 Å². The van der Waals surface area contributed by atoms with Crippen molar-refractivity contribution in [2.24, 2.45) is 11.8 Å². The molecule has 68 valence electrons. The van der Waals surface area contributed by atoms with Crippen molar-refractivity contribution in [2.45, 2.75) is 18.6 Å². The largest absolute Gasteiger partial charge is 0.393 e. The summed E-state index contributed by atoms with van der Waals surface area (Å²) >= 11 is 0. The lowest BCUT2D eigenvalue weighted by atomic mass is 9.78. The maximum absolute atomic E-state index is 11.3. The summed E-state index contributed by atoms with van der Waals surface area (Å²) in [5.41, 5.74) is -0.613. The maximum Gasteiger partial charge on any atom is 0.320 e. The first-order valence-corrected chi connectivity index (χ1v) is 4.24. The minimum Gasteiger partial charge on any atom is -0.393 e. The summed E-state index contributed by atoms with van der Waals surface area (Å²) in [4.78, 5) is 22.5. The monoisotopic (exact) mass is 180 g/mol. The van der Waals surface area contributed by atoms with Crippen LogP contribution in [0, 0.1) is 11.8 Å². The fourth-order valence-corrected chi connectivity index (χ4v) is 2.46. The molecule has 3 unspecified atom stereocenters. The van der Waals surface area contributed by atoms with E-state index in [1.54, 1.807) is 0 Å². The normalized spacial score (nSPS) is 51.3. The summed E-state index contributed by atoms with van der Waals surface area (Å²) in [6, 6.07) is 0. The molecule has 3 aliphatic heterocycles. The van der Waals surface area contributed by atoms with E-state index in [0.717, 1.165) is 0 Å². The molecule has 0 aromatic rings. The van der Waals surface area contributed by atoms with Crippen LogP contribution < -0.4 is 0 Å². The van der Waals surface area contributed by atoms with Crippen molar-refractivity contribution in [1.29, 1.82) is 0 Å². The molecule has 0 spiro atoms. The van der Waals surface area contributed by atoms with Gasteiger partial charge in [0.15, 0.2) is 0 Å². The van der Waals surface area contributed by atoms with E-state index >= 15 is 0 Å². The van der Waals surface area contributed by atoms with Gasteiger partial charge in [-0.3, -0.25) is 9.59 Å². The molecule has 3 aliphatic rings. The van der Waals surface area contributed by atoms with Gasteiger partial charge in [-0.1, -0.05) is 12.2 Å². The van der Waals surface area contributed by atoms with E-state index in [9.17, 15) is 9.59 Å². The lowest BCUT2D eigenvalue weighted by Gasteiger charge is -2.20. The molecule has 2 fully saturated rings. The van der Waals surface area contributed by atoms with Crippen molar-refractivity contribution in [3.63, 3.8) is 0 Å². The van der Waals surface area contributed by atoms with Gasteiger partial charge in [-0.15, -0.1) is 0 Å². The molecular weight excluding hydrogens is 172 g/mol. The summed E-state index contributed by atoms with van der Waals surface area (Å²) in [6.45, 7) is 1.81. The smallest absolute Gasteiger partial charge is 0.320 e. The third-order valence-electron chi connectivity index (χ3n) is 3.06.